The second-order valence-corrected chi connectivity index (χ2v) is 3.27. The molecule has 0 aliphatic rings. The van der Waals surface area contributed by atoms with Crippen molar-refractivity contribution in [1.82, 2.24) is 0 Å². The number of halogens is 1. The monoisotopic (exact) mass is 227 g/mol. The molecule has 0 saturated carbocycles. The van der Waals surface area contributed by atoms with Gasteiger partial charge in [-0.25, -0.2) is 9.18 Å². The quantitative estimate of drug-likeness (QED) is 0.729. The van der Waals surface area contributed by atoms with E-state index >= 15 is 0 Å². The lowest BCUT2D eigenvalue weighted by Gasteiger charge is -2.07. The number of hydrogen-bond donors (Lipinski definition) is 2. The van der Waals surface area contributed by atoms with Crippen molar-refractivity contribution in [1.29, 1.82) is 0 Å². The van der Waals surface area contributed by atoms with Crippen molar-refractivity contribution in [2.45, 2.75) is 6.42 Å². The summed E-state index contributed by atoms with van der Waals surface area (Å²) in [6, 6.07) is 3.66. The minimum absolute atomic E-state index is 0.0654. The normalized spacial score (nSPS) is 10.1. The van der Waals surface area contributed by atoms with Crippen LogP contribution in [0.2, 0.25) is 0 Å². The molecule has 1 aromatic rings. The van der Waals surface area contributed by atoms with Gasteiger partial charge >= 0.3 is 5.97 Å². The fourth-order valence-electron chi connectivity index (χ4n) is 1.23. The molecule has 4 nitrogen and oxygen atoms in total. The molecule has 0 radical (unpaired) electrons. The molecule has 88 valence electrons. The van der Waals surface area contributed by atoms with Crippen LogP contribution in [0.5, 0.6) is 0 Å². The molecule has 0 spiro atoms. The Balaban J connectivity index is 2.63. The van der Waals surface area contributed by atoms with Gasteiger partial charge in [0.25, 0.3) is 0 Å². The van der Waals surface area contributed by atoms with Crippen LogP contribution in [-0.2, 0) is 4.74 Å². The summed E-state index contributed by atoms with van der Waals surface area (Å²) in [4.78, 5) is 10.7. The summed E-state index contributed by atoms with van der Waals surface area (Å²) in [6.45, 7) is 1.11. The molecule has 1 aromatic carbocycles. The Labute approximate surface area is 93.0 Å². The molecule has 0 amide bonds. The minimum atomic E-state index is -1.07. The molecule has 1 rings (SSSR count). The third-order valence-electron chi connectivity index (χ3n) is 2.05. The van der Waals surface area contributed by atoms with Gasteiger partial charge in [-0.1, -0.05) is 0 Å². The van der Waals surface area contributed by atoms with E-state index in [0.717, 1.165) is 12.5 Å². The number of carboxylic acids is 1. The number of hydrogen-bond acceptors (Lipinski definition) is 3. The smallest absolute Gasteiger partial charge is 0.335 e. The third-order valence-corrected chi connectivity index (χ3v) is 2.05. The molecule has 0 aliphatic carbocycles. The van der Waals surface area contributed by atoms with Crippen LogP contribution in [0.1, 0.15) is 16.8 Å². The average Bonchev–Trinajstić information content (AvgIpc) is 2.26. The van der Waals surface area contributed by atoms with Gasteiger partial charge in [0.15, 0.2) is 0 Å². The van der Waals surface area contributed by atoms with Gasteiger partial charge in [0, 0.05) is 20.3 Å². The first-order valence-electron chi connectivity index (χ1n) is 4.91. The summed E-state index contributed by atoms with van der Waals surface area (Å²) < 4.78 is 18.1. The van der Waals surface area contributed by atoms with Crippen LogP contribution in [0.4, 0.5) is 10.1 Å². The Morgan fingerprint density at radius 3 is 2.94 bits per heavy atom. The van der Waals surface area contributed by atoms with Crippen LogP contribution >= 0.6 is 0 Å². The molecule has 5 heteroatoms. The average molecular weight is 227 g/mol. The van der Waals surface area contributed by atoms with Gasteiger partial charge in [0.05, 0.1) is 11.3 Å². The zero-order valence-electron chi connectivity index (χ0n) is 9.00. The summed E-state index contributed by atoms with van der Waals surface area (Å²) >= 11 is 0. The number of methoxy groups -OCH3 is 1. The number of rotatable bonds is 6. The number of ether oxygens (including phenoxy) is 1. The number of carbonyl (C=O) groups is 1. The predicted molar refractivity (Wildman–Crippen MR) is 58.3 cm³/mol. The van der Waals surface area contributed by atoms with Crippen LogP contribution < -0.4 is 5.32 Å². The van der Waals surface area contributed by atoms with E-state index in [1.165, 1.54) is 12.1 Å². The van der Waals surface area contributed by atoms with Crippen molar-refractivity contribution in [2.75, 3.05) is 25.6 Å². The van der Waals surface area contributed by atoms with Crippen LogP contribution in [-0.4, -0.2) is 31.3 Å². The Morgan fingerprint density at radius 2 is 2.31 bits per heavy atom. The summed E-state index contributed by atoms with van der Waals surface area (Å²) in [5, 5.41) is 11.6. The fourth-order valence-corrected chi connectivity index (χ4v) is 1.23. The zero-order chi connectivity index (χ0) is 12.0. The van der Waals surface area contributed by atoms with Crippen molar-refractivity contribution in [3.8, 4) is 0 Å². The van der Waals surface area contributed by atoms with Gasteiger partial charge < -0.3 is 15.2 Å². The van der Waals surface area contributed by atoms with Crippen LogP contribution in [0.3, 0.4) is 0 Å². The van der Waals surface area contributed by atoms with Gasteiger partial charge in [-0.15, -0.1) is 0 Å². The Kier molecular flexibility index (Phi) is 4.72. The van der Waals surface area contributed by atoms with Crippen molar-refractivity contribution in [3.63, 3.8) is 0 Å². The van der Waals surface area contributed by atoms with Gasteiger partial charge in [0.1, 0.15) is 5.82 Å². The maximum absolute atomic E-state index is 13.3. The van der Waals surface area contributed by atoms with E-state index in [4.69, 9.17) is 9.84 Å². The maximum atomic E-state index is 13.3. The Bertz CT molecular complexity index is 368. The predicted octanol–water partition coefficient (Wildman–Crippen LogP) is 1.97. The first-order chi connectivity index (χ1) is 7.65. The molecule has 0 aliphatic heterocycles. The second kappa shape index (κ2) is 6.07. The second-order valence-electron chi connectivity index (χ2n) is 3.27. The lowest BCUT2D eigenvalue weighted by Crippen LogP contribution is -2.07. The highest BCUT2D eigenvalue weighted by atomic mass is 19.1. The molecule has 2 N–H and O–H groups in total. The van der Waals surface area contributed by atoms with E-state index in [-0.39, 0.29) is 11.3 Å². The van der Waals surface area contributed by atoms with Gasteiger partial charge in [-0.2, -0.15) is 0 Å². The third kappa shape index (κ3) is 3.51. The fraction of sp³-hybridized carbons (Fsp3) is 0.364. The van der Waals surface area contributed by atoms with E-state index < -0.39 is 11.8 Å². The number of benzene rings is 1. The van der Waals surface area contributed by atoms with Crippen molar-refractivity contribution < 1.29 is 19.0 Å². The standard InChI is InChI=1S/C11H14FNO3/c1-16-6-2-5-13-10-7-8(11(14)15)3-4-9(10)12/h3-4,7,13H,2,5-6H2,1H3,(H,14,15). The summed E-state index contributed by atoms with van der Waals surface area (Å²) in [7, 11) is 1.59. The highest BCUT2D eigenvalue weighted by Gasteiger charge is 2.07. The van der Waals surface area contributed by atoms with E-state index in [2.05, 4.69) is 5.32 Å². The van der Waals surface area contributed by atoms with E-state index in [1.54, 1.807) is 7.11 Å². The number of nitrogens with one attached hydrogen (secondary N) is 1. The number of anilines is 1. The lowest BCUT2D eigenvalue weighted by atomic mass is 10.2. The lowest BCUT2D eigenvalue weighted by molar-refractivity contribution is 0.0697. The topological polar surface area (TPSA) is 58.6 Å². The molecule has 0 saturated heterocycles. The van der Waals surface area contributed by atoms with Gasteiger partial charge in [0.2, 0.25) is 0 Å². The Morgan fingerprint density at radius 1 is 1.56 bits per heavy atom. The number of aromatic carboxylic acids is 1. The van der Waals surface area contributed by atoms with E-state index in [1.807, 2.05) is 0 Å². The van der Waals surface area contributed by atoms with E-state index in [9.17, 15) is 9.18 Å². The van der Waals surface area contributed by atoms with Crippen molar-refractivity contribution in [2.24, 2.45) is 0 Å². The molecule has 0 aromatic heterocycles. The molecular formula is C11H14FNO3. The molecular weight excluding hydrogens is 213 g/mol. The van der Waals surface area contributed by atoms with Gasteiger partial charge in [-0.05, 0) is 24.6 Å². The largest absolute Gasteiger partial charge is 0.478 e. The summed E-state index contributed by atoms with van der Waals surface area (Å²) in [5.74, 6) is -1.53. The van der Waals surface area contributed by atoms with Crippen LogP contribution in [0.25, 0.3) is 0 Å². The van der Waals surface area contributed by atoms with E-state index in [0.29, 0.717) is 13.2 Å². The first kappa shape index (κ1) is 12.4. The summed E-state index contributed by atoms with van der Waals surface area (Å²) in [6.07, 6.45) is 0.729. The summed E-state index contributed by atoms with van der Waals surface area (Å²) in [5.41, 5.74) is 0.270. The van der Waals surface area contributed by atoms with Gasteiger partial charge in [-0.3, -0.25) is 0 Å². The molecule has 0 bridgehead atoms. The SMILES string of the molecule is COCCCNc1cc(C(=O)O)ccc1F. The molecule has 0 unspecified atom stereocenters. The minimum Gasteiger partial charge on any atom is -0.478 e. The molecule has 16 heavy (non-hydrogen) atoms. The number of carboxylic acid groups (broad SMARTS) is 1. The maximum Gasteiger partial charge on any atom is 0.335 e. The molecule has 0 heterocycles. The molecule has 0 atom stereocenters. The van der Waals surface area contributed by atoms with Crippen LogP contribution in [0, 0.1) is 5.82 Å². The zero-order valence-corrected chi connectivity index (χ0v) is 9.00. The van der Waals surface area contributed by atoms with Crippen molar-refractivity contribution >= 4 is 11.7 Å². The highest BCUT2D eigenvalue weighted by Crippen LogP contribution is 2.16. The van der Waals surface area contributed by atoms with Crippen LogP contribution in [0.15, 0.2) is 18.2 Å². The Hall–Kier alpha value is -1.62. The highest BCUT2D eigenvalue weighted by molar-refractivity contribution is 5.88. The van der Waals surface area contributed by atoms with Crippen molar-refractivity contribution in [3.05, 3.63) is 29.6 Å². The molecule has 0 fully saturated rings. The first-order valence-corrected chi connectivity index (χ1v) is 4.91.